The molecule has 1 unspecified atom stereocenters. The quantitative estimate of drug-likeness (QED) is 0.772. The van der Waals surface area contributed by atoms with E-state index >= 15 is 0 Å². The molecule has 0 radical (unpaired) electrons. The molecular weight excluding hydrogens is 242 g/mol. The van der Waals surface area contributed by atoms with Crippen molar-refractivity contribution in [1.29, 1.82) is 0 Å². The summed E-state index contributed by atoms with van der Waals surface area (Å²) in [5.74, 6) is 0.124. The summed E-state index contributed by atoms with van der Waals surface area (Å²) >= 11 is 0. The molecule has 0 saturated carbocycles. The summed E-state index contributed by atoms with van der Waals surface area (Å²) in [4.78, 5) is 27.9. The van der Waals surface area contributed by atoms with Crippen LogP contribution in [0.4, 0.5) is 0 Å². The van der Waals surface area contributed by atoms with Gasteiger partial charge in [-0.2, -0.15) is 0 Å². The number of amides is 2. The topological polar surface area (TPSA) is 52.7 Å². The molecule has 1 fully saturated rings. The van der Waals surface area contributed by atoms with E-state index in [4.69, 9.17) is 0 Å². The Kier molecular flexibility index (Phi) is 5.79. The predicted molar refractivity (Wildman–Crippen MR) is 75.8 cm³/mol. The maximum atomic E-state index is 12.5. The summed E-state index contributed by atoms with van der Waals surface area (Å²) in [6.07, 6.45) is 1.69. The highest BCUT2D eigenvalue weighted by Gasteiger charge is 2.41. The molecule has 0 bridgehead atoms. The molecule has 0 spiro atoms. The highest BCUT2D eigenvalue weighted by molar-refractivity contribution is 5.88. The highest BCUT2D eigenvalue weighted by atomic mass is 16.2. The lowest BCUT2D eigenvalue weighted by Gasteiger charge is -2.31. The minimum atomic E-state index is -0.307. The van der Waals surface area contributed by atoms with E-state index in [1.54, 1.807) is 16.8 Å². The van der Waals surface area contributed by atoms with E-state index in [-0.39, 0.29) is 23.8 Å². The number of carbonyl (C=O) groups excluding carboxylic acids is 2. The summed E-state index contributed by atoms with van der Waals surface area (Å²) in [6.45, 7) is 9.14. The first-order valence-corrected chi connectivity index (χ1v) is 7.24. The first kappa shape index (κ1) is 16.0. The molecule has 0 aromatic carbocycles. The molecule has 110 valence electrons. The first-order chi connectivity index (χ1) is 9.00. The number of likely N-dealkylation sites (N-methyl/N-ethyl adjacent to an activating group) is 2. The van der Waals surface area contributed by atoms with Crippen LogP contribution in [0.3, 0.4) is 0 Å². The summed E-state index contributed by atoms with van der Waals surface area (Å²) in [6, 6.07) is 0. The van der Waals surface area contributed by atoms with Crippen molar-refractivity contribution in [3.05, 3.63) is 0 Å². The minimum absolute atomic E-state index is 0.0260. The molecule has 19 heavy (non-hydrogen) atoms. The van der Waals surface area contributed by atoms with Gasteiger partial charge in [0.2, 0.25) is 11.8 Å². The molecule has 0 aliphatic carbocycles. The van der Waals surface area contributed by atoms with Gasteiger partial charge in [-0.25, -0.2) is 0 Å². The Morgan fingerprint density at radius 3 is 2.26 bits per heavy atom. The van der Waals surface area contributed by atoms with Crippen molar-refractivity contribution in [3.63, 3.8) is 0 Å². The predicted octanol–water partition coefficient (Wildman–Crippen LogP) is 0.703. The zero-order valence-corrected chi connectivity index (χ0v) is 12.7. The Bertz CT molecular complexity index is 321. The number of hydrogen-bond donors (Lipinski definition) is 1. The van der Waals surface area contributed by atoms with Crippen molar-refractivity contribution < 1.29 is 9.59 Å². The third-order valence-corrected chi connectivity index (χ3v) is 4.21. The molecule has 1 aliphatic rings. The van der Waals surface area contributed by atoms with Crippen molar-refractivity contribution in [2.45, 2.75) is 33.6 Å². The number of carbonyl (C=O) groups is 2. The lowest BCUT2D eigenvalue weighted by atomic mass is 9.83. The molecule has 5 nitrogen and oxygen atoms in total. The molecule has 1 saturated heterocycles. The van der Waals surface area contributed by atoms with Gasteiger partial charge in [0, 0.05) is 26.7 Å². The molecule has 1 rings (SSSR count). The van der Waals surface area contributed by atoms with E-state index in [1.807, 2.05) is 20.8 Å². The maximum Gasteiger partial charge on any atom is 0.242 e. The van der Waals surface area contributed by atoms with Gasteiger partial charge in [-0.3, -0.25) is 9.59 Å². The van der Waals surface area contributed by atoms with Gasteiger partial charge < -0.3 is 15.1 Å². The normalized spacial score (nSPS) is 22.3. The number of nitrogens with one attached hydrogen (secondary N) is 1. The van der Waals surface area contributed by atoms with E-state index in [0.717, 1.165) is 25.9 Å². The third-order valence-electron chi connectivity index (χ3n) is 4.21. The van der Waals surface area contributed by atoms with Crippen molar-refractivity contribution in [1.82, 2.24) is 15.1 Å². The fourth-order valence-electron chi connectivity index (χ4n) is 2.74. The number of rotatable bonds is 6. The molecule has 5 heteroatoms. The van der Waals surface area contributed by atoms with Crippen LogP contribution in [-0.4, -0.2) is 61.4 Å². The van der Waals surface area contributed by atoms with Crippen LogP contribution in [0.15, 0.2) is 0 Å². The van der Waals surface area contributed by atoms with E-state index in [2.05, 4.69) is 5.32 Å². The Morgan fingerprint density at radius 2 is 1.84 bits per heavy atom. The van der Waals surface area contributed by atoms with Gasteiger partial charge in [0.25, 0.3) is 0 Å². The molecule has 1 aliphatic heterocycles. The van der Waals surface area contributed by atoms with Crippen LogP contribution in [0.25, 0.3) is 0 Å². The monoisotopic (exact) mass is 269 g/mol. The van der Waals surface area contributed by atoms with Crippen LogP contribution in [0.5, 0.6) is 0 Å². The Labute approximate surface area is 116 Å². The highest BCUT2D eigenvalue weighted by Crippen LogP contribution is 2.31. The van der Waals surface area contributed by atoms with Gasteiger partial charge in [-0.05, 0) is 33.2 Å². The SMILES string of the molecule is CCN(CC)C(=O)CN(C)C(=O)C1(CC)CCNC1. The van der Waals surface area contributed by atoms with Crippen LogP contribution in [0.1, 0.15) is 33.6 Å². The largest absolute Gasteiger partial charge is 0.342 e. The molecule has 2 amide bonds. The van der Waals surface area contributed by atoms with Crippen LogP contribution in [-0.2, 0) is 9.59 Å². The zero-order valence-electron chi connectivity index (χ0n) is 12.7. The Hall–Kier alpha value is -1.10. The average Bonchev–Trinajstić information content (AvgIpc) is 2.89. The summed E-state index contributed by atoms with van der Waals surface area (Å²) in [5, 5.41) is 3.26. The van der Waals surface area contributed by atoms with Crippen LogP contribution in [0, 0.1) is 5.41 Å². The minimum Gasteiger partial charge on any atom is -0.342 e. The molecule has 1 atom stereocenters. The van der Waals surface area contributed by atoms with Crippen LogP contribution >= 0.6 is 0 Å². The average molecular weight is 269 g/mol. The van der Waals surface area contributed by atoms with Crippen molar-refractivity contribution in [3.8, 4) is 0 Å². The van der Waals surface area contributed by atoms with Gasteiger partial charge in [0.15, 0.2) is 0 Å². The van der Waals surface area contributed by atoms with Crippen LogP contribution in [0.2, 0.25) is 0 Å². The van der Waals surface area contributed by atoms with Gasteiger partial charge in [0.1, 0.15) is 0 Å². The lowest BCUT2D eigenvalue weighted by Crippen LogP contribution is -2.47. The summed E-state index contributed by atoms with van der Waals surface area (Å²) in [5.41, 5.74) is -0.307. The molecule has 0 aromatic heterocycles. The van der Waals surface area contributed by atoms with Gasteiger partial charge in [-0.1, -0.05) is 6.92 Å². The number of hydrogen-bond acceptors (Lipinski definition) is 3. The van der Waals surface area contributed by atoms with Crippen LogP contribution < -0.4 is 5.32 Å². The van der Waals surface area contributed by atoms with E-state index < -0.39 is 0 Å². The van der Waals surface area contributed by atoms with Gasteiger partial charge in [-0.15, -0.1) is 0 Å². The fourth-order valence-corrected chi connectivity index (χ4v) is 2.74. The van der Waals surface area contributed by atoms with E-state index in [9.17, 15) is 9.59 Å². The Morgan fingerprint density at radius 1 is 1.21 bits per heavy atom. The molecular formula is C14H27N3O2. The second kappa shape index (κ2) is 6.89. The zero-order chi connectivity index (χ0) is 14.5. The summed E-state index contributed by atoms with van der Waals surface area (Å²) in [7, 11) is 1.74. The fraction of sp³-hybridized carbons (Fsp3) is 0.857. The van der Waals surface area contributed by atoms with E-state index in [0.29, 0.717) is 13.1 Å². The van der Waals surface area contributed by atoms with Gasteiger partial charge in [0.05, 0.1) is 12.0 Å². The summed E-state index contributed by atoms with van der Waals surface area (Å²) < 4.78 is 0. The molecule has 1 heterocycles. The maximum absolute atomic E-state index is 12.5. The molecule has 0 aromatic rings. The van der Waals surface area contributed by atoms with Gasteiger partial charge >= 0.3 is 0 Å². The Balaban J connectivity index is 2.64. The second-order valence-corrected chi connectivity index (χ2v) is 5.29. The van der Waals surface area contributed by atoms with Crippen molar-refractivity contribution >= 4 is 11.8 Å². The second-order valence-electron chi connectivity index (χ2n) is 5.29. The third kappa shape index (κ3) is 3.47. The first-order valence-electron chi connectivity index (χ1n) is 7.24. The lowest BCUT2D eigenvalue weighted by molar-refractivity contribution is -0.145. The standard InChI is InChI=1S/C14H27N3O2/c1-5-14(8-9-15-11-14)13(19)16(4)10-12(18)17(6-2)7-3/h15H,5-11H2,1-4H3. The molecule has 1 N–H and O–H groups in total. The van der Waals surface area contributed by atoms with Crippen molar-refractivity contribution in [2.75, 3.05) is 39.8 Å². The van der Waals surface area contributed by atoms with Crippen molar-refractivity contribution in [2.24, 2.45) is 5.41 Å². The smallest absolute Gasteiger partial charge is 0.242 e. The van der Waals surface area contributed by atoms with E-state index in [1.165, 1.54) is 0 Å². The number of nitrogens with zero attached hydrogens (tertiary/aromatic N) is 2.